The summed E-state index contributed by atoms with van der Waals surface area (Å²) in [4.78, 5) is 20.5. The highest BCUT2D eigenvalue weighted by atomic mass is 32.1. The van der Waals surface area contributed by atoms with Crippen molar-refractivity contribution in [2.45, 2.75) is 19.4 Å². The van der Waals surface area contributed by atoms with E-state index in [4.69, 9.17) is 4.98 Å². The number of nitrogens with zero attached hydrogens (tertiary/aromatic N) is 3. The first kappa shape index (κ1) is 20.0. The van der Waals surface area contributed by atoms with Gasteiger partial charge in [0.05, 0.1) is 22.5 Å². The summed E-state index contributed by atoms with van der Waals surface area (Å²) in [5, 5.41) is 7.63. The van der Waals surface area contributed by atoms with Gasteiger partial charge in [-0.05, 0) is 67.7 Å². The van der Waals surface area contributed by atoms with Crippen molar-refractivity contribution in [3.05, 3.63) is 59.2 Å². The Morgan fingerprint density at radius 3 is 2.81 bits per heavy atom. The van der Waals surface area contributed by atoms with Crippen LogP contribution in [0.1, 0.15) is 28.3 Å². The maximum atomic E-state index is 12.6. The van der Waals surface area contributed by atoms with Crippen molar-refractivity contribution in [3.8, 4) is 0 Å². The number of hydrogen-bond acceptors (Lipinski definition) is 5. The molecule has 6 nitrogen and oxygen atoms in total. The Bertz CT molecular complexity index is 1220. The summed E-state index contributed by atoms with van der Waals surface area (Å²) in [6.45, 7) is 4.60. The molecular weight excluding hydrogens is 406 g/mol. The van der Waals surface area contributed by atoms with Crippen molar-refractivity contribution in [2.75, 3.05) is 31.5 Å². The van der Waals surface area contributed by atoms with E-state index in [1.54, 1.807) is 11.3 Å². The summed E-state index contributed by atoms with van der Waals surface area (Å²) in [5.41, 5.74) is 3.17. The van der Waals surface area contributed by atoms with Gasteiger partial charge in [0.2, 0.25) is 0 Å². The highest BCUT2D eigenvalue weighted by molar-refractivity contribution is 7.20. The zero-order chi connectivity index (χ0) is 21.2. The summed E-state index contributed by atoms with van der Waals surface area (Å²) in [5.74, 6) is 1.01. The molecule has 0 spiro atoms. The number of amides is 1. The number of aryl methyl sites for hydroxylation is 1. The topological polar surface area (TPSA) is 62.2 Å². The molecule has 0 radical (unpaired) electrons. The van der Waals surface area contributed by atoms with Crippen LogP contribution in [0, 0.1) is 0 Å². The van der Waals surface area contributed by atoms with Gasteiger partial charge in [0.25, 0.3) is 5.91 Å². The fourth-order valence-corrected chi connectivity index (χ4v) is 5.18. The minimum absolute atomic E-state index is 0.0228. The molecule has 0 atom stereocenters. The standard InChI is InChI=1S/C24H27N5OS/c1-28-20-7-3-2-6-19(20)27-23(28)16-26-18-8-9-21-17(14-18)15-22(31-21)24(30)25-10-13-29-11-4-5-12-29/h2-3,6-9,14-15,26H,4-5,10-13,16H2,1H3,(H,25,30). The first-order chi connectivity index (χ1) is 15.2. The molecule has 2 N–H and O–H groups in total. The van der Waals surface area contributed by atoms with E-state index in [0.29, 0.717) is 13.1 Å². The highest BCUT2D eigenvalue weighted by Gasteiger charge is 2.14. The normalized spacial score (nSPS) is 14.5. The number of rotatable bonds is 7. The average molecular weight is 434 g/mol. The number of carbonyl (C=O) groups excluding carboxylic acids is 1. The van der Waals surface area contributed by atoms with Crippen molar-refractivity contribution in [1.82, 2.24) is 19.8 Å². The lowest BCUT2D eigenvalue weighted by molar-refractivity contribution is 0.0954. The van der Waals surface area contributed by atoms with Crippen LogP contribution in [0.15, 0.2) is 48.5 Å². The summed E-state index contributed by atoms with van der Waals surface area (Å²) >= 11 is 1.55. The van der Waals surface area contributed by atoms with Crippen LogP contribution < -0.4 is 10.6 Å². The van der Waals surface area contributed by atoms with E-state index >= 15 is 0 Å². The molecule has 160 valence electrons. The van der Waals surface area contributed by atoms with Crippen LogP contribution in [0.2, 0.25) is 0 Å². The number of hydrogen-bond donors (Lipinski definition) is 2. The van der Waals surface area contributed by atoms with Crippen LogP contribution in [-0.4, -0.2) is 46.5 Å². The van der Waals surface area contributed by atoms with Crippen molar-refractivity contribution in [2.24, 2.45) is 7.05 Å². The molecule has 1 amide bonds. The van der Waals surface area contributed by atoms with Gasteiger partial charge in [-0.15, -0.1) is 11.3 Å². The molecule has 2 aromatic heterocycles. The van der Waals surface area contributed by atoms with Crippen LogP contribution in [0.4, 0.5) is 5.69 Å². The highest BCUT2D eigenvalue weighted by Crippen LogP contribution is 2.28. The van der Waals surface area contributed by atoms with Crippen molar-refractivity contribution >= 4 is 44.1 Å². The van der Waals surface area contributed by atoms with Gasteiger partial charge in [0, 0.05) is 30.5 Å². The number of carbonyl (C=O) groups is 1. The molecule has 5 rings (SSSR count). The Kier molecular flexibility index (Phi) is 5.61. The number of para-hydroxylation sites is 2. The van der Waals surface area contributed by atoms with Gasteiger partial charge in [-0.1, -0.05) is 12.1 Å². The Morgan fingerprint density at radius 1 is 1.13 bits per heavy atom. The molecule has 1 saturated heterocycles. The van der Waals surface area contributed by atoms with Gasteiger partial charge in [0.15, 0.2) is 0 Å². The number of thiophene rings is 1. The SMILES string of the molecule is Cn1c(CNc2ccc3sc(C(=O)NCCN4CCCC4)cc3c2)nc2ccccc21. The third-order valence-corrected chi connectivity index (χ3v) is 7.10. The van der Waals surface area contributed by atoms with E-state index in [1.165, 1.54) is 12.8 Å². The van der Waals surface area contributed by atoms with Gasteiger partial charge in [-0.3, -0.25) is 4.79 Å². The Hall–Kier alpha value is -2.90. The molecule has 0 bridgehead atoms. The van der Waals surface area contributed by atoms with E-state index < -0.39 is 0 Å². The molecule has 1 aliphatic heterocycles. The Morgan fingerprint density at radius 2 is 1.97 bits per heavy atom. The summed E-state index contributed by atoms with van der Waals surface area (Å²) in [7, 11) is 2.04. The van der Waals surface area contributed by atoms with Crippen LogP contribution in [0.3, 0.4) is 0 Å². The number of imidazole rings is 1. The number of anilines is 1. The van der Waals surface area contributed by atoms with Crippen molar-refractivity contribution in [1.29, 1.82) is 0 Å². The quantitative estimate of drug-likeness (QED) is 0.458. The minimum Gasteiger partial charge on any atom is -0.378 e. The van der Waals surface area contributed by atoms with E-state index in [0.717, 1.165) is 57.1 Å². The number of benzene rings is 2. The number of nitrogens with one attached hydrogen (secondary N) is 2. The lowest BCUT2D eigenvalue weighted by Gasteiger charge is -2.14. The van der Waals surface area contributed by atoms with E-state index in [9.17, 15) is 4.79 Å². The molecule has 0 unspecified atom stereocenters. The molecule has 1 aliphatic rings. The van der Waals surface area contributed by atoms with Gasteiger partial charge in [0.1, 0.15) is 5.82 Å². The average Bonchev–Trinajstić information content (AvgIpc) is 3.51. The van der Waals surface area contributed by atoms with Crippen molar-refractivity contribution < 1.29 is 4.79 Å². The van der Waals surface area contributed by atoms with Gasteiger partial charge < -0.3 is 20.1 Å². The third kappa shape index (κ3) is 4.29. The fraction of sp³-hybridized carbons (Fsp3) is 0.333. The largest absolute Gasteiger partial charge is 0.378 e. The van der Waals surface area contributed by atoms with Gasteiger partial charge >= 0.3 is 0 Å². The molecule has 1 fully saturated rings. The van der Waals surface area contributed by atoms with Crippen LogP contribution >= 0.6 is 11.3 Å². The summed E-state index contributed by atoms with van der Waals surface area (Å²) < 4.78 is 3.24. The smallest absolute Gasteiger partial charge is 0.261 e. The maximum Gasteiger partial charge on any atom is 0.261 e. The second kappa shape index (κ2) is 8.69. The summed E-state index contributed by atoms with van der Waals surface area (Å²) in [6.07, 6.45) is 2.55. The first-order valence-corrected chi connectivity index (χ1v) is 11.7. The zero-order valence-corrected chi connectivity index (χ0v) is 18.5. The van der Waals surface area contributed by atoms with Crippen molar-refractivity contribution in [3.63, 3.8) is 0 Å². The minimum atomic E-state index is 0.0228. The number of aromatic nitrogens is 2. The van der Waals surface area contributed by atoms with Gasteiger partial charge in [-0.2, -0.15) is 0 Å². The second-order valence-electron chi connectivity index (χ2n) is 8.10. The van der Waals surface area contributed by atoms with E-state index in [-0.39, 0.29) is 5.91 Å². The van der Waals surface area contributed by atoms with Crippen LogP contribution in [0.5, 0.6) is 0 Å². The zero-order valence-electron chi connectivity index (χ0n) is 17.7. The molecule has 2 aromatic carbocycles. The molecule has 7 heteroatoms. The molecular formula is C24H27N5OS. The summed E-state index contributed by atoms with van der Waals surface area (Å²) in [6, 6.07) is 16.4. The third-order valence-electron chi connectivity index (χ3n) is 5.98. The maximum absolute atomic E-state index is 12.6. The lowest BCUT2D eigenvalue weighted by Crippen LogP contribution is -2.33. The first-order valence-electron chi connectivity index (χ1n) is 10.9. The Balaban J connectivity index is 1.23. The van der Waals surface area contributed by atoms with Gasteiger partial charge in [-0.25, -0.2) is 4.98 Å². The molecule has 3 heterocycles. The number of fused-ring (bicyclic) bond motifs is 2. The van der Waals surface area contributed by atoms with E-state index in [1.807, 2.05) is 31.3 Å². The van der Waals surface area contributed by atoms with Crippen LogP contribution in [-0.2, 0) is 13.6 Å². The monoisotopic (exact) mass is 433 g/mol. The molecule has 4 aromatic rings. The molecule has 31 heavy (non-hydrogen) atoms. The fourth-order valence-electron chi connectivity index (χ4n) is 4.22. The second-order valence-corrected chi connectivity index (χ2v) is 9.18. The molecule has 0 aliphatic carbocycles. The van der Waals surface area contributed by atoms with Crippen LogP contribution in [0.25, 0.3) is 21.1 Å². The number of likely N-dealkylation sites (tertiary alicyclic amines) is 1. The Labute approximate surface area is 185 Å². The predicted molar refractivity (Wildman–Crippen MR) is 128 cm³/mol. The molecule has 0 saturated carbocycles. The lowest BCUT2D eigenvalue weighted by atomic mass is 10.2. The van der Waals surface area contributed by atoms with E-state index in [2.05, 4.69) is 44.4 Å². The predicted octanol–water partition coefficient (Wildman–Crippen LogP) is 4.23.